The lowest BCUT2D eigenvalue weighted by molar-refractivity contribution is 0.611. The largest absolute Gasteiger partial charge is 0.367 e. The average Bonchev–Trinajstić information content (AvgIpc) is 2.38. The van der Waals surface area contributed by atoms with Crippen molar-refractivity contribution in [1.29, 1.82) is 5.26 Å². The van der Waals surface area contributed by atoms with Crippen LogP contribution in [0.15, 0.2) is 48.5 Å². The number of nitriles is 1. The summed E-state index contributed by atoms with van der Waals surface area (Å²) in [6.45, 7) is 1.70. The van der Waals surface area contributed by atoms with Crippen LogP contribution in [0.4, 0.5) is 14.5 Å². The van der Waals surface area contributed by atoms with Gasteiger partial charge in [-0.3, -0.25) is 0 Å². The summed E-state index contributed by atoms with van der Waals surface area (Å²) >= 11 is 0. The monoisotopic (exact) mass is 272 g/mol. The van der Waals surface area contributed by atoms with E-state index in [2.05, 4.69) is 11.4 Å². The van der Waals surface area contributed by atoms with Gasteiger partial charge in [-0.25, -0.2) is 8.78 Å². The summed E-state index contributed by atoms with van der Waals surface area (Å²) in [5.74, 6) is -0.713. The summed E-state index contributed by atoms with van der Waals surface area (Å²) in [7, 11) is 0. The van der Waals surface area contributed by atoms with Crippen molar-refractivity contribution in [3.8, 4) is 6.07 Å². The summed E-state index contributed by atoms with van der Waals surface area (Å²) in [4.78, 5) is 0. The van der Waals surface area contributed by atoms with Gasteiger partial charge < -0.3 is 5.32 Å². The van der Waals surface area contributed by atoms with Crippen molar-refractivity contribution in [2.75, 3.05) is 5.32 Å². The molecule has 0 aliphatic heterocycles. The molecule has 0 saturated heterocycles. The second-order valence-corrected chi connectivity index (χ2v) is 4.89. The Morgan fingerprint density at radius 3 is 2.35 bits per heavy atom. The van der Waals surface area contributed by atoms with E-state index in [4.69, 9.17) is 0 Å². The lowest BCUT2D eigenvalue weighted by Gasteiger charge is -2.24. The first-order valence-electron chi connectivity index (χ1n) is 6.20. The van der Waals surface area contributed by atoms with Gasteiger partial charge in [0.05, 0.1) is 6.07 Å². The molecule has 20 heavy (non-hydrogen) atoms. The Morgan fingerprint density at radius 2 is 1.75 bits per heavy atom. The highest BCUT2D eigenvalue weighted by molar-refractivity contribution is 5.48. The fourth-order valence-corrected chi connectivity index (χ4v) is 2.05. The van der Waals surface area contributed by atoms with Gasteiger partial charge in [0.1, 0.15) is 17.2 Å². The van der Waals surface area contributed by atoms with Gasteiger partial charge in [0.15, 0.2) is 0 Å². The number of benzene rings is 2. The first-order chi connectivity index (χ1) is 9.50. The molecule has 1 unspecified atom stereocenters. The van der Waals surface area contributed by atoms with E-state index in [-0.39, 0.29) is 11.6 Å². The number of nitrogens with zero attached hydrogens (tertiary/aromatic N) is 1. The van der Waals surface area contributed by atoms with Crippen molar-refractivity contribution >= 4 is 5.69 Å². The van der Waals surface area contributed by atoms with Gasteiger partial charge in [-0.1, -0.05) is 18.2 Å². The smallest absolute Gasteiger partial charge is 0.126 e. The van der Waals surface area contributed by atoms with Crippen LogP contribution in [0.25, 0.3) is 0 Å². The van der Waals surface area contributed by atoms with E-state index < -0.39 is 5.54 Å². The summed E-state index contributed by atoms with van der Waals surface area (Å²) < 4.78 is 26.3. The molecule has 0 aliphatic carbocycles. The van der Waals surface area contributed by atoms with Crippen molar-refractivity contribution in [3.63, 3.8) is 0 Å². The molecule has 2 nitrogen and oxygen atoms in total. The predicted octanol–water partition coefficient (Wildman–Crippen LogP) is 3.90. The molecular weight excluding hydrogens is 258 g/mol. The van der Waals surface area contributed by atoms with E-state index in [9.17, 15) is 14.0 Å². The zero-order valence-corrected chi connectivity index (χ0v) is 11.0. The van der Waals surface area contributed by atoms with Gasteiger partial charge in [0, 0.05) is 12.1 Å². The van der Waals surface area contributed by atoms with Crippen molar-refractivity contribution in [3.05, 3.63) is 65.7 Å². The quantitative estimate of drug-likeness (QED) is 0.916. The van der Waals surface area contributed by atoms with E-state index >= 15 is 0 Å². The third-order valence-electron chi connectivity index (χ3n) is 2.94. The first-order valence-corrected chi connectivity index (χ1v) is 6.20. The SMILES string of the molecule is CC(C#N)(Cc1cccc(F)c1)Nc1cccc(F)c1. The van der Waals surface area contributed by atoms with E-state index in [0.717, 1.165) is 0 Å². The number of hydrogen-bond acceptors (Lipinski definition) is 2. The molecular formula is C16H14F2N2. The van der Waals surface area contributed by atoms with Gasteiger partial charge in [-0.15, -0.1) is 0 Å². The van der Waals surface area contributed by atoms with E-state index in [1.165, 1.54) is 24.3 Å². The molecule has 2 rings (SSSR count). The van der Waals surface area contributed by atoms with Gasteiger partial charge in [-0.05, 0) is 42.8 Å². The van der Waals surface area contributed by atoms with Crippen LogP contribution >= 0.6 is 0 Å². The zero-order valence-electron chi connectivity index (χ0n) is 11.0. The number of halogens is 2. The fraction of sp³-hybridized carbons (Fsp3) is 0.188. The second kappa shape index (κ2) is 5.70. The van der Waals surface area contributed by atoms with Crippen LogP contribution in [0.5, 0.6) is 0 Å². The highest BCUT2D eigenvalue weighted by Crippen LogP contribution is 2.20. The zero-order chi connectivity index (χ0) is 14.6. The Morgan fingerprint density at radius 1 is 1.10 bits per heavy atom. The fourth-order valence-electron chi connectivity index (χ4n) is 2.05. The minimum absolute atomic E-state index is 0.317. The molecule has 1 atom stereocenters. The van der Waals surface area contributed by atoms with Gasteiger partial charge in [-0.2, -0.15) is 5.26 Å². The lowest BCUT2D eigenvalue weighted by Crippen LogP contribution is -2.35. The van der Waals surface area contributed by atoms with Gasteiger partial charge in [0.2, 0.25) is 0 Å². The number of hydrogen-bond donors (Lipinski definition) is 1. The normalized spacial score (nSPS) is 13.3. The Bertz CT molecular complexity index is 599. The molecule has 4 heteroatoms. The molecule has 0 saturated carbocycles. The number of rotatable bonds is 4. The van der Waals surface area contributed by atoms with Crippen molar-refractivity contribution in [2.24, 2.45) is 0 Å². The van der Waals surface area contributed by atoms with Crippen LogP contribution in [0.1, 0.15) is 12.5 Å². The summed E-state index contributed by atoms with van der Waals surface area (Å²) in [5, 5.41) is 12.3. The van der Waals surface area contributed by atoms with E-state index in [1.807, 2.05) is 0 Å². The molecule has 0 heterocycles. The summed E-state index contributed by atoms with van der Waals surface area (Å²) in [6.07, 6.45) is 0.317. The Balaban J connectivity index is 2.19. The third-order valence-corrected chi connectivity index (χ3v) is 2.94. The summed E-state index contributed by atoms with van der Waals surface area (Å²) in [5.41, 5.74) is 0.283. The van der Waals surface area contributed by atoms with Crippen LogP contribution in [0.2, 0.25) is 0 Å². The molecule has 2 aromatic rings. The Kier molecular flexibility index (Phi) is 3.99. The molecule has 2 aromatic carbocycles. The third kappa shape index (κ3) is 3.55. The minimum atomic E-state index is -0.943. The minimum Gasteiger partial charge on any atom is -0.367 e. The van der Waals surface area contributed by atoms with Crippen LogP contribution in [0.3, 0.4) is 0 Å². The molecule has 0 spiro atoms. The lowest BCUT2D eigenvalue weighted by atomic mass is 9.94. The highest BCUT2D eigenvalue weighted by Gasteiger charge is 2.24. The average molecular weight is 272 g/mol. The molecule has 1 N–H and O–H groups in total. The molecule has 0 bridgehead atoms. The second-order valence-electron chi connectivity index (χ2n) is 4.89. The molecule has 102 valence electrons. The Hall–Kier alpha value is -2.41. The standard InChI is InChI=1S/C16H14F2N2/c1-16(11-19,10-12-4-2-5-13(17)8-12)20-15-7-3-6-14(18)9-15/h2-9,20H,10H2,1H3. The highest BCUT2D eigenvalue weighted by atomic mass is 19.1. The maximum absolute atomic E-state index is 13.2. The predicted molar refractivity (Wildman–Crippen MR) is 74.1 cm³/mol. The molecule has 0 fully saturated rings. The maximum atomic E-state index is 13.2. The molecule has 0 amide bonds. The van der Waals surface area contributed by atoms with Gasteiger partial charge >= 0.3 is 0 Å². The first kappa shape index (κ1) is 14.0. The number of nitrogens with one attached hydrogen (secondary N) is 1. The Labute approximate surface area is 116 Å². The number of anilines is 1. The summed E-state index contributed by atoms with van der Waals surface area (Å²) in [6, 6.07) is 14.2. The van der Waals surface area contributed by atoms with E-state index in [1.54, 1.807) is 31.2 Å². The van der Waals surface area contributed by atoms with Crippen molar-refractivity contribution in [2.45, 2.75) is 18.9 Å². The molecule has 0 aromatic heterocycles. The van der Waals surface area contributed by atoms with Crippen LogP contribution < -0.4 is 5.32 Å². The van der Waals surface area contributed by atoms with Crippen molar-refractivity contribution in [1.82, 2.24) is 0 Å². The maximum Gasteiger partial charge on any atom is 0.126 e. The topological polar surface area (TPSA) is 35.8 Å². The van der Waals surface area contributed by atoms with E-state index in [0.29, 0.717) is 17.7 Å². The molecule has 0 radical (unpaired) electrons. The van der Waals surface area contributed by atoms with Crippen LogP contribution in [-0.4, -0.2) is 5.54 Å². The van der Waals surface area contributed by atoms with Crippen LogP contribution in [0, 0.1) is 23.0 Å². The van der Waals surface area contributed by atoms with Crippen LogP contribution in [-0.2, 0) is 6.42 Å². The van der Waals surface area contributed by atoms with Gasteiger partial charge in [0.25, 0.3) is 0 Å². The molecule has 0 aliphatic rings. The van der Waals surface area contributed by atoms with Crippen molar-refractivity contribution < 1.29 is 8.78 Å².